The third kappa shape index (κ3) is 2.40. The van der Waals surface area contributed by atoms with Gasteiger partial charge in [0.2, 0.25) is 0 Å². The normalized spacial score (nSPS) is 20.4. The van der Waals surface area contributed by atoms with Crippen LogP contribution in [-0.2, 0) is 10.2 Å². The lowest BCUT2D eigenvalue weighted by Crippen LogP contribution is -2.28. The molecular weight excluding hydrogens is 261 g/mol. The Kier molecular flexibility index (Phi) is 3.18. The van der Waals surface area contributed by atoms with Crippen molar-refractivity contribution in [2.45, 2.75) is 25.2 Å². The Bertz CT molecular complexity index is 578. The molecule has 1 aromatic rings. The monoisotopic (exact) mass is 275 g/mol. The van der Waals surface area contributed by atoms with Crippen LogP contribution in [0.25, 0.3) is 0 Å². The van der Waals surface area contributed by atoms with Crippen molar-refractivity contribution in [3.63, 3.8) is 0 Å². The minimum atomic E-state index is -4.84. The summed E-state index contributed by atoms with van der Waals surface area (Å²) in [6.07, 6.45) is 0.902. The summed E-state index contributed by atoms with van der Waals surface area (Å²) in [5.74, 6) is -0.211. The quantitative estimate of drug-likeness (QED) is 0.771. The highest BCUT2D eigenvalue weighted by Crippen LogP contribution is 2.24. The Balaban J connectivity index is 2.27. The van der Waals surface area contributed by atoms with Crippen LogP contribution >= 0.6 is 0 Å². The number of nitrogens with zero attached hydrogens (tertiary/aromatic N) is 1. The Hall–Kier alpha value is -1.37. The van der Waals surface area contributed by atoms with Crippen molar-refractivity contribution in [3.05, 3.63) is 17.6 Å². The number of hydrogen-bond donors (Lipinski definition) is 0. The number of furan rings is 1. The summed E-state index contributed by atoms with van der Waals surface area (Å²) in [6, 6.07) is 0.954. The Morgan fingerprint density at radius 3 is 2.67 bits per heavy atom. The topological polar surface area (TPSA) is 67.6 Å². The fourth-order valence-corrected chi connectivity index (χ4v) is 2.72. The number of amides is 1. The van der Waals surface area contributed by atoms with Crippen molar-refractivity contribution in [2.75, 3.05) is 13.1 Å². The second-order valence-corrected chi connectivity index (χ2v) is 5.93. The van der Waals surface area contributed by atoms with Crippen molar-refractivity contribution in [3.8, 4) is 0 Å². The van der Waals surface area contributed by atoms with E-state index in [1.165, 1.54) is 6.92 Å². The number of hydrogen-bond acceptors (Lipinski definition) is 4. The van der Waals surface area contributed by atoms with Gasteiger partial charge in [0.1, 0.15) is 10.7 Å². The first-order valence-electron chi connectivity index (χ1n) is 5.63. The van der Waals surface area contributed by atoms with Crippen molar-refractivity contribution in [1.82, 2.24) is 4.90 Å². The van der Waals surface area contributed by atoms with Crippen LogP contribution in [0.2, 0.25) is 0 Å². The molecule has 0 N–H and O–H groups in total. The summed E-state index contributed by atoms with van der Waals surface area (Å²) in [4.78, 5) is 13.0. The van der Waals surface area contributed by atoms with E-state index >= 15 is 0 Å². The smallest absolute Gasteiger partial charge is 0.335 e. The molecule has 0 radical (unpaired) electrons. The number of aryl methyl sites for hydroxylation is 1. The lowest BCUT2D eigenvalue weighted by atomic mass is 10.2. The molecule has 7 heteroatoms. The van der Waals surface area contributed by atoms with E-state index in [1.807, 2.05) is 6.92 Å². The maximum Gasteiger partial charge on any atom is 0.335 e. The van der Waals surface area contributed by atoms with Gasteiger partial charge in [-0.3, -0.25) is 4.79 Å². The van der Waals surface area contributed by atoms with Crippen LogP contribution in [0.4, 0.5) is 3.89 Å². The molecule has 2 rings (SSSR count). The number of rotatable bonds is 2. The molecule has 0 saturated carbocycles. The summed E-state index contributed by atoms with van der Waals surface area (Å²) in [5.41, 5.74) is 0. The Morgan fingerprint density at radius 1 is 1.56 bits per heavy atom. The first-order chi connectivity index (χ1) is 8.29. The molecule has 0 aliphatic carbocycles. The highest BCUT2D eigenvalue weighted by molar-refractivity contribution is 7.86. The predicted molar refractivity (Wildman–Crippen MR) is 61.4 cm³/mol. The predicted octanol–water partition coefficient (Wildman–Crippen LogP) is 1.73. The van der Waals surface area contributed by atoms with Crippen LogP contribution in [0.5, 0.6) is 0 Å². The lowest BCUT2D eigenvalue weighted by Gasteiger charge is -2.13. The highest BCUT2D eigenvalue weighted by atomic mass is 32.3. The van der Waals surface area contributed by atoms with E-state index in [2.05, 4.69) is 0 Å². The molecule has 1 unspecified atom stereocenters. The maximum absolute atomic E-state index is 12.9. The van der Waals surface area contributed by atoms with Crippen molar-refractivity contribution >= 4 is 16.1 Å². The van der Waals surface area contributed by atoms with E-state index < -0.39 is 21.0 Å². The summed E-state index contributed by atoms with van der Waals surface area (Å²) in [7, 11) is -4.84. The number of carbonyl (C=O) groups excluding carboxylic acids is 1. The molecule has 1 aromatic heterocycles. The fraction of sp³-hybridized carbons (Fsp3) is 0.545. The van der Waals surface area contributed by atoms with Crippen LogP contribution < -0.4 is 0 Å². The standard InChI is InChI=1S/C11H14FNO4S/c1-7-3-4-13(6-7)11(14)9-5-10(8(2)17-9)18(12,15)16/h5,7H,3-4,6H2,1-2H3. The van der Waals surface area contributed by atoms with E-state index in [0.717, 1.165) is 12.5 Å². The Labute approximate surface area is 105 Å². The average molecular weight is 275 g/mol. The first kappa shape index (κ1) is 13.1. The van der Waals surface area contributed by atoms with Crippen molar-refractivity contribution in [2.24, 2.45) is 5.92 Å². The van der Waals surface area contributed by atoms with Gasteiger partial charge in [-0.2, -0.15) is 8.42 Å². The van der Waals surface area contributed by atoms with Crippen LogP contribution in [-0.4, -0.2) is 32.3 Å². The third-order valence-electron chi connectivity index (χ3n) is 3.06. The summed E-state index contributed by atoms with van der Waals surface area (Å²) < 4.78 is 39.5. The van der Waals surface area contributed by atoms with Gasteiger partial charge in [-0.1, -0.05) is 6.92 Å². The molecule has 1 atom stereocenters. The second kappa shape index (κ2) is 4.38. The second-order valence-electron chi connectivity index (χ2n) is 4.61. The molecule has 100 valence electrons. The zero-order valence-corrected chi connectivity index (χ0v) is 11.0. The van der Waals surface area contributed by atoms with Gasteiger partial charge in [0.05, 0.1) is 0 Å². The van der Waals surface area contributed by atoms with E-state index in [4.69, 9.17) is 4.42 Å². The molecule has 1 saturated heterocycles. The zero-order valence-electron chi connectivity index (χ0n) is 10.1. The van der Waals surface area contributed by atoms with Gasteiger partial charge in [0.15, 0.2) is 5.76 Å². The molecule has 18 heavy (non-hydrogen) atoms. The van der Waals surface area contributed by atoms with Crippen molar-refractivity contribution in [1.29, 1.82) is 0 Å². The summed E-state index contributed by atoms with van der Waals surface area (Å²) in [6.45, 7) is 4.56. The van der Waals surface area contributed by atoms with Crippen LogP contribution in [0.3, 0.4) is 0 Å². The molecule has 0 bridgehead atoms. The summed E-state index contributed by atoms with van der Waals surface area (Å²) >= 11 is 0. The van der Waals surface area contributed by atoms with Crippen LogP contribution in [0, 0.1) is 12.8 Å². The molecular formula is C11H14FNO4S. The van der Waals surface area contributed by atoms with E-state index in [-0.39, 0.29) is 11.5 Å². The highest BCUT2D eigenvalue weighted by Gasteiger charge is 2.29. The van der Waals surface area contributed by atoms with Gasteiger partial charge >= 0.3 is 10.2 Å². The maximum atomic E-state index is 12.9. The molecule has 5 nitrogen and oxygen atoms in total. The number of likely N-dealkylation sites (tertiary alicyclic amines) is 1. The molecule has 2 heterocycles. The number of halogens is 1. The largest absolute Gasteiger partial charge is 0.455 e. The van der Waals surface area contributed by atoms with Crippen LogP contribution in [0.1, 0.15) is 29.7 Å². The van der Waals surface area contributed by atoms with Gasteiger partial charge in [-0.25, -0.2) is 0 Å². The van der Waals surface area contributed by atoms with Gasteiger partial charge in [0, 0.05) is 19.2 Å². The summed E-state index contributed by atoms with van der Waals surface area (Å²) in [5, 5.41) is 0. The molecule has 0 spiro atoms. The minimum absolute atomic E-state index is 0.104. The van der Waals surface area contributed by atoms with Gasteiger partial charge in [-0.15, -0.1) is 3.89 Å². The van der Waals surface area contributed by atoms with Gasteiger partial charge in [-0.05, 0) is 19.3 Å². The SMILES string of the molecule is Cc1oc(C(=O)N2CCC(C)C2)cc1S(=O)(=O)F. The molecule has 1 amide bonds. The molecule has 1 aliphatic rings. The van der Waals surface area contributed by atoms with Crippen LogP contribution in [0.15, 0.2) is 15.4 Å². The lowest BCUT2D eigenvalue weighted by molar-refractivity contribution is 0.0755. The van der Waals surface area contributed by atoms with Crippen molar-refractivity contribution < 1.29 is 21.5 Å². The van der Waals surface area contributed by atoms with Gasteiger partial charge in [0.25, 0.3) is 5.91 Å². The van der Waals surface area contributed by atoms with E-state index in [0.29, 0.717) is 19.0 Å². The van der Waals surface area contributed by atoms with E-state index in [1.54, 1.807) is 4.90 Å². The number of carbonyl (C=O) groups is 1. The molecule has 1 aliphatic heterocycles. The Morgan fingerprint density at radius 2 is 2.22 bits per heavy atom. The fourth-order valence-electron chi connectivity index (χ4n) is 2.09. The van der Waals surface area contributed by atoms with Gasteiger partial charge < -0.3 is 9.32 Å². The molecule has 1 fully saturated rings. The first-order valence-corrected chi connectivity index (χ1v) is 7.01. The minimum Gasteiger partial charge on any atom is -0.455 e. The third-order valence-corrected chi connectivity index (χ3v) is 3.99. The molecule has 0 aromatic carbocycles. The zero-order chi connectivity index (χ0) is 13.5. The van der Waals surface area contributed by atoms with E-state index in [9.17, 15) is 17.1 Å². The average Bonchev–Trinajstić information content (AvgIpc) is 2.82.